The molecule has 1 nitrogen and oxygen atoms in total. The van der Waals surface area contributed by atoms with Gasteiger partial charge in [-0.3, -0.25) is 0 Å². The van der Waals surface area contributed by atoms with Crippen molar-refractivity contribution in [3.8, 4) is 0 Å². The molecule has 0 aliphatic carbocycles. The molecule has 120 valence electrons. The monoisotopic (exact) mass is 371 g/mol. The molecule has 0 aliphatic heterocycles. The second-order valence-electron chi connectivity index (χ2n) is 6.67. The number of nitrogens with one attached hydrogen (secondary N) is 1. The van der Waals surface area contributed by atoms with E-state index in [1.54, 1.807) is 0 Å². The van der Waals surface area contributed by atoms with E-state index in [0.717, 1.165) is 16.9 Å². The molecule has 1 N–H and O–H groups in total. The molecule has 3 heteroatoms. The van der Waals surface area contributed by atoms with Crippen LogP contribution in [0.4, 0.5) is 0 Å². The van der Waals surface area contributed by atoms with Gasteiger partial charge in [0.25, 0.3) is 0 Å². The second kappa shape index (κ2) is 9.91. The van der Waals surface area contributed by atoms with Gasteiger partial charge in [0.05, 0.1) is 0 Å². The van der Waals surface area contributed by atoms with E-state index in [0.29, 0.717) is 0 Å². The molecule has 0 saturated carbocycles. The fourth-order valence-electron chi connectivity index (χ4n) is 2.30. The molecule has 1 rings (SSSR count). The summed E-state index contributed by atoms with van der Waals surface area (Å²) in [5, 5.41) is 3.68. The van der Waals surface area contributed by atoms with E-state index in [9.17, 15) is 0 Å². The highest BCUT2D eigenvalue weighted by Gasteiger charge is 2.14. The number of benzene rings is 1. The molecular weight excluding hydrogens is 342 g/mol. The zero-order valence-corrected chi connectivity index (χ0v) is 16.3. The van der Waals surface area contributed by atoms with E-state index >= 15 is 0 Å². The lowest BCUT2D eigenvalue weighted by Gasteiger charge is -2.25. The van der Waals surface area contributed by atoms with Gasteiger partial charge in [0.15, 0.2) is 0 Å². The maximum Gasteiger partial charge on any atom is 0.0175 e. The predicted octanol–water partition coefficient (Wildman–Crippen LogP) is 5.53. The first-order chi connectivity index (χ1) is 9.90. The molecule has 0 aliphatic rings. The number of hydrogen-bond acceptors (Lipinski definition) is 2. The van der Waals surface area contributed by atoms with Crippen LogP contribution < -0.4 is 5.32 Å². The molecular formula is C18H30BrNS. The maximum atomic E-state index is 3.68. The van der Waals surface area contributed by atoms with Crippen LogP contribution in [0.15, 0.2) is 28.7 Å². The highest BCUT2D eigenvalue weighted by molar-refractivity contribution is 9.10. The molecule has 1 atom stereocenters. The van der Waals surface area contributed by atoms with Crippen molar-refractivity contribution in [3.63, 3.8) is 0 Å². The second-order valence-corrected chi connectivity index (χ2v) is 8.98. The van der Waals surface area contributed by atoms with Crippen LogP contribution in [0.2, 0.25) is 0 Å². The van der Waals surface area contributed by atoms with Crippen molar-refractivity contribution >= 4 is 27.7 Å². The summed E-state index contributed by atoms with van der Waals surface area (Å²) in [6, 6.07) is 8.79. The molecule has 0 fully saturated rings. The standard InChI is InChI=1S/C18H30BrNS/c1-5-21-12-6-7-16(14-20-18(2,3)4)13-15-8-10-17(19)11-9-15/h8-11,16,20H,5-7,12-14H2,1-4H3. The van der Waals surface area contributed by atoms with Gasteiger partial charge in [-0.05, 0) is 81.7 Å². The van der Waals surface area contributed by atoms with Crippen LogP contribution in [0.5, 0.6) is 0 Å². The van der Waals surface area contributed by atoms with Crippen LogP contribution in [0.1, 0.15) is 46.1 Å². The van der Waals surface area contributed by atoms with Gasteiger partial charge >= 0.3 is 0 Å². The number of thioether (sulfide) groups is 1. The summed E-state index contributed by atoms with van der Waals surface area (Å²) in [5.41, 5.74) is 1.65. The third kappa shape index (κ3) is 9.59. The number of halogens is 1. The van der Waals surface area contributed by atoms with Crippen LogP contribution in [-0.4, -0.2) is 23.6 Å². The van der Waals surface area contributed by atoms with Crippen molar-refractivity contribution < 1.29 is 0 Å². The molecule has 21 heavy (non-hydrogen) atoms. The van der Waals surface area contributed by atoms with Crippen LogP contribution in [0.3, 0.4) is 0 Å². The molecule has 0 radical (unpaired) electrons. The first-order valence-corrected chi connectivity index (χ1v) is 9.92. The largest absolute Gasteiger partial charge is 0.312 e. The van der Waals surface area contributed by atoms with Gasteiger partial charge in [0, 0.05) is 10.0 Å². The van der Waals surface area contributed by atoms with E-state index in [1.807, 2.05) is 0 Å². The van der Waals surface area contributed by atoms with Crippen molar-refractivity contribution in [3.05, 3.63) is 34.3 Å². The normalized spacial score (nSPS) is 13.4. The average molecular weight is 372 g/mol. The van der Waals surface area contributed by atoms with Gasteiger partial charge < -0.3 is 5.32 Å². The van der Waals surface area contributed by atoms with Crippen molar-refractivity contribution in [1.29, 1.82) is 0 Å². The zero-order valence-electron chi connectivity index (χ0n) is 13.9. The van der Waals surface area contributed by atoms with E-state index in [2.05, 4.69) is 85.0 Å². The van der Waals surface area contributed by atoms with Crippen LogP contribution in [0.25, 0.3) is 0 Å². The number of rotatable bonds is 9. The van der Waals surface area contributed by atoms with Crippen molar-refractivity contribution in [2.45, 2.75) is 52.5 Å². The van der Waals surface area contributed by atoms with E-state index in [1.165, 1.54) is 36.3 Å². The summed E-state index contributed by atoms with van der Waals surface area (Å²) in [5.74, 6) is 3.25. The molecule has 0 aromatic heterocycles. The molecule has 1 unspecified atom stereocenters. The highest BCUT2D eigenvalue weighted by Crippen LogP contribution is 2.18. The SMILES string of the molecule is CCSCCCC(CNC(C)(C)C)Cc1ccc(Br)cc1. The summed E-state index contributed by atoms with van der Waals surface area (Å²) in [6.07, 6.45) is 3.81. The fraction of sp³-hybridized carbons (Fsp3) is 0.667. The first-order valence-electron chi connectivity index (χ1n) is 7.98. The van der Waals surface area contributed by atoms with Gasteiger partial charge in [0.2, 0.25) is 0 Å². The minimum absolute atomic E-state index is 0.204. The Labute approximate surface area is 143 Å². The molecule has 0 spiro atoms. The molecule has 0 saturated heterocycles. The van der Waals surface area contributed by atoms with E-state index in [-0.39, 0.29) is 5.54 Å². The molecule has 0 bridgehead atoms. The average Bonchev–Trinajstić information content (AvgIpc) is 2.42. The topological polar surface area (TPSA) is 12.0 Å². The summed E-state index contributed by atoms with van der Waals surface area (Å²) < 4.78 is 1.16. The molecule has 0 amide bonds. The van der Waals surface area contributed by atoms with Gasteiger partial charge in [-0.2, -0.15) is 11.8 Å². The van der Waals surface area contributed by atoms with Gasteiger partial charge in [0.1, 0.15) is 0 Å². The maximum absolute atomic E-state index is 3.68. The quantitative estimate of drug-likeness (QED) is 0.572. The Bertz CT molecular complexity index is 383. The summed E-state index contributed by atoms with van der Waals surface area (Å²) in [4.78, 5) is 0. The Balaban J connectivity index is 2.51. The van der Waals surface area contributed by atoms with Gasteiger partial charge in [-0.15, -0.1) is 0 Å². The zero-order chi connectivity index (χ0) is 15.7. The Kier molecular flexibility index (Phi) is 9.00. The van der Waals surface area contributed by atoms with Crippen molar-refractivity contribution in [2.24, 2.45) is 5.92 Å². The Morgan fingerprint density at radius 1 is 1.19 bits per heavy atom. The first kappa shape index (κ1) is 19.1. The van der Waals surface area contributed by atoms with Crippen LogP contribution in [0, 0.1) is 5.92 Å². The molecule has 1 aromatic carbocycles. The Hall–Kier alpha value is 0.01000. The molecule has 1 aromatic rings. The summed E-state index contributed by atoms with van der Waals surface area (Å²) >= 11 is 5.57. The lowest BCUT2D eigenvalue weighted by molar-refractivity contribution is 0.355. The predicted molar refractivity (Wildman–Crippen MR) is 101 cm³/mol. The third-order valence-corrected chi connectivity index (χ3v) is 4.98. The Morgan fingerprint density at radius 3 is 2.43 bits per heavy atom. The lowest BCUT2D eigenvalue weighted by Crippen LogP contribution is -2.39. The van der Waals surface area contributed by atoms with Crippen LogP contribution in [-0.2, 0) is 6.42 Å². The summed E-state index contributed by atoms with van der Waals surface area (Å²) in [6.45, 7) is 10.1. The minimum Gasteiger partial charge on any atom is -0.312 e. The highest BCUT2D eigenvalue weighted by atomic mass is 79.9. The smallest absolute Gasteiger partial charge is 0.0175 e. The van der Waals surface area contributed by atoms with Crippen LogP contribution >= 0.6 is 27.7 Å². The van der Waals surface area contributed by atoms with Crippen molar-refractivity contribution in [1.82, 2.24) is 5.32 Å². The van der Waals surface area contributed by atoms with Gasteiger partial charge in [-0.1, -0.05) is 35.0 Å². The lowest BCUT2D eigenvalue weighted by atomic mass is 9.94. The van der Waals surface area contributed by atoms with E-state index < -0.39 is 0 Å². The summed E-state index contributed by atoms with van der Waals surface area (Å²) in [7, 11) is 0. The third-order valence-electron chi connectivity index (χ3n) is 3.46. The number of hydrogen-bond donors (Lipinski definition) is 1. The fourth-order valence-corrected chi connectivity index (χ4v) is 3.22. The van der Waals surface area contributed by atoms with Crippen molar-refractivity contribution in [2.75, 3.05) is 18.1 Å². The van der Waals surface area contributed by atoms with E-state index in [4.69, 9.17) is 0 Å². The Morgan fingerprint density at radius 2 is 1.86 bits per heavy atom. The van der Waals surface area contributed by atoms with Gasteiger partial charge in [-0.25, -0.2) is 0 Å². The minimum atomic E-state index is 0.204. The molecule has 0 heterocycles.